The van der Waals surface area contributed by atoms with Gasteiger partial charge in [-0.2, -0.15) is 5.10 Å². The number of hydrogen-bond donors (Lipinski definition) is 0. The fourth-order valence-electron chi connectivity index (χ4n) is 4.31. The van der Waals surface area contributed by atoms with Crippen LogP contribution >= 0.6 is 0 Å². The van der Waals surface area contributed by atoms with Crippen LogP contribution in [-0.2, 0) is 0 Å². The Balaban J connectivity index is 1.43. The lowest BCUT2D eigenvalue weighted by Crippen LogP contribution is -2.34. The van der Waals surface area contributed by atoms with Gasteiger partial charge in [0.05, 0.1) is 17.3 Å². The van der Waals surface area contributed by atoms with Gasteiger partial charge in [-0.05, 0) is 30.3 Å². The third-order valence-corrected chi connectivity index (χ3v) is 5.75. The molecule has 0 aromatic heterocycles. The van der Waals surface area contributed by atoms with E-state index in [-0.39, 0.29) is 11.9 Å². The van der Waals surface area contributed by atoms with Gasteiger partial charge in [0.1, 0.15) is 24.8 Å². The summed E-state index contributed by atoms with van der Waals surface area (Å²) < 4.78 is 32.2. The van der Waals surface area contributed by atoms with Crippen molar-refractivity contribution in [1.29, 1.82) is 0 Å². The molecule has 5 nitrogen and oxygen atoms in total. The van der Waals surface area contributed by atoms with E-state index in [1.165, 1.54) is 6.07 Å². The lowest BCUT2D eigenvalue weighted by molar-refractivity contribution is -0.0212. The smallest absolute Gasteiger partial charge is 0.216 e. The summed E-state index contributed by atoms with van der Waals surface area (Å²) in [5, 5.41) is 6.77. The first kappa shape index (κ1) is 17.3. The molecule has 6 heteroatoms. The number of hydrazone groups is 1. The molecule has 6 rings (SSSR count). The van der Waals surface area contributed by atoms with E-state index in [9.17, 15) is 4.39 Å². The average Bonchev–Trinajstić information content (AvgIpc) is 3.24. The molecule has 3 aliphatic rings. The van der Waals surface area contributed by atoms with Gasteiger partial charge in [0.2, 0.25) is 6.23 Å². The van der Waals surface area contributed by atoms with Crippen LogP contribution in [0.5, 0.6) is 17.2 Å². The molecule has 0 unspecified atom stereocenters. The van der Waals surface area contributed by atoms with E-state index < -0.39 is 6.23 Å². The fraction of sp³-hybridized carbons (Fsp3) is 0.208. The van der Waals surface area contributed by atoms with Crippen molar-refractivity contribution in [1.82, 2.24) is 5.01 Å². The van der Waals surface area contributed by atoms with Gasteiger partial charge in [-0.1, -0.05) is 36.4 Å². The highest BCUT2D eigenvalue weighted by Gasteiger charge is 2.41. The molecular formula is C24H19FN2O3. The minimum absolute atomic E-state index is 0.0252. The predicted octanol–water partition coefficient (Wildman–Crippen LogP) is 4.84. The summed E-state index contributed by atoms with van der Waals surface area (Å²) in [5.74, 6) is 1.95. The molecule has 0 radical (unpaired) electrons. The lowest BCUT2D eigenvalue weighted by atomic mass is 9.95. The number of nitrogens with zero attached hydrogens (tertiary/aromatic N) is 2. The number of para-hydroxylation sites is 1. The van der Waals surface area contributed by atoms with Gasteiger partial charge in [0.15, 0.2) is 11.5 Å². The maximum Gasteiger partial charge on any atom is 0.216 e. The first-order valence-corrected chi connectivity index (χ1v) is 10.0. The Kier molecular flexibility index (Phi) is 3.91. The zero-order chi connectivity index (χ0) is 20.1. The van der Waals surface area contributed by atoms with E-state index in [1.807, 2.05) is 53.5 Å². The molecule has 0 saturated carbocycles. The zero-order valence-electron chi connectivity index (χ0n) is 16.1. The van der Waals surface area contributed by atoms with Gasteiger partial charge in [0, 0.05) is 17.5 Å². The summed E-state index contributed by atoms with van der Waals surface area (Å²) in [5.41, 5.74) is 3.42. The van der Waals surface area contributed by atoms with Gasteiger partial charge in [-0.3, -0.25) is 0 Å². The summed E-state index contributed by atoms with van der Waals surface area (Å²) in [4.78, 5) is 0. The first-order chi connectivity index (χ1) is 14.8. The normalized spacial score (nSPS) is 21.4. The maximum atomic E-state index is 14.6. The van der Waals surface area contributed by atoms with E-state index in [2.05, 4.69) is 0 Å². The standard InChI is InChI=1S/C24H19FN2O3/c25-18-7-3-1-5-16(18)24-27-20(17-6-2-4-8-21(17)30-24)14-19(26-27)15-9-10-22-23(13-15)29-12-11-28-22/h1-10,13,20,24H,11-12,14H2/t20-,24-/m0/s1. The van der Waals surface area contributed by atoms with Gasteiger partial charge < -0.3 is 14.2 Å². The molecule has 0 saturated heterocycles. The van der Waals surface area contributed by atoms with Gasteiger partial charge in [-0.25, -0.2) is 9.40 Å². The highest BCUT2D eigenvalue weighted by molar-refractivity contribution is 6.02. The van der Waals surface area contributed by atoms with Crippen molar-refractivity contribution in [3.63, 3.8) is 0 Å². The Hall–Kier alpha value is -3.54. The van der Waals surface area contributed by atoms with Crippen LogP contribution in [0.1, 0.15) is 35.4 Å². The Morgan fingerprint density at radius 3 is 2.47 bits per heavy atom. The van der Waals surface area contributed by atoms with E-state index in [4.69, 9.17) is 19.3 Å². The second kappa shape index (κ2) is 6.76. The molecule has 3 aliphatic heterocycles. The highest BCUT2D eigenvalue weighted by Crippen LogP contribution is 2.48. The molecule has 3 heterocycles. The van der Waals surface area contributed by atoms with Crippen LogP contribution in [0.25, 0.3) is 0 Å². The van der Waals surface area contributed by atoms with Crippen molar-refractivity contribution in [3.05, 3.63) is 89.2 Å². The second-order valence-corrected chi connectivity index (χ2v) is 7.53. The average molecular weight is 402 g/mol. The monoisotopic (exact) mass is 402 g/mol. The molecule has 0 N–H and O–H groups in total. The van der Waals surface area contributed by atoms with Crippen LogP contribution in [0.4, 0.5) is 4.39 Å². The number of halogens is 1. The second-order valence-electron chi connectivity index (χ2n) is 7.53. The fourth-order valence-corrected chi connectivity index (χ4v) is 4.31. The summed E-state index contributed by atoms with van der Waals surface area (Å²) in [6.45, 7) is 1.09. The minimum atomic E-state index is -0.624. The van der Waals surface area contributed by atoms with Gasteiger partial charge >= 0.3 is 0 Å². The molecule has 0 aliphatic carbocycles. The highest BCUT2D eigenvalue weighted by atomic mass is 19.1. The summed E-state index contributed by atoms with van der Waals surface area (Å²) in [6.07, 6.45) is 0.0751. The number of ether oxygens (including phenoxy) is 3. The number of fused-ring (bicyclic) bond motifs is 4. The van der Waals surface area contributed by atoms with E-state index in [0.29, 0.717) is 25.2 Å². The summed E-state index contributed by atoms with van der Waals surface area (Å²) >= 11 is 0. The SMILES string of the molecule is Fc1ccccc1[C@@H]1Oc2ccccc2[C@@H]2CC(c3ccc4c(c3)OCCO4)=NN21. The Labute approximate surface area is 173 Å². The summed E-state index contributed by atoms with van der Waals surface area (Å²) in [6, 6.07) is 20.5. The molecule has 3 aromatic rings. The maximum absolute atomic E-state index is 14.6. The van der Waals surface area contributed by atoms with E-state index in [1.54, 1.807) is 12.1 Å². The van der Waals surface area contributed by atoms with Crippen molar-refractivity contribution >= 4 is 5.71 Å². The molecule has 3 aromatic carbocycles. The third kappa shape index (κ3) is 2.71. The van der Waals surface area contributed by atoms with Crippen molar-refractivity contribution in [3.8, 4) is 17.2 Å². The number of benzene rings is 3. The van der Waals surface area contributed by atoms with E-state index >= 15 is 0 Å². The Morgan fingerprint density at radius 2 is 1.60 bits per heavy atom. The third-order valence-electron chi connectivity index (χ3n) is 5.75. The molecule has 0 amide bonds. The van der Waals surface area contributed by atoms with Crippen molar-refractivity contribution in [2.75, 3.05) is 13.2 Å². The van der Waals surface area contributed by atoms with Crippen molar-refractivity contribution < 1.29 is 18.6 Å². The topological polar surface area (TPSA) is 43.3 Å². The largest absolute Gasteiger partial charge is 0.486 e. The summed E-state index contributed by atoms with van der Waals surface area (Å²) in [7, 11) is 0. The Morgan fingerprint density at radius 1 is 0.833 bits per heavy atom. The van der Waals surface area contributed by atoms with Crippen LogP contribution in [0, 0.1) is 5.82 Å². The number of rotatable bonds is 2. The van der Waals surface area contributed by atoms with Crippen molar-refractivity contribution in [2.24, 2.45) is 5.10 Å². The van der Waals surface area contributed by atoms with Gasteiger partial charge in [-0.15, -0.1) is 0 Å². The molecule has 150 valence electrons. The van der Waals surface area contributed by atoms with E-state index in [0.717, 1.165) is 34.1 Å². The van der Waals surface area contributed by atoms with Crippen LogP contribution in [0.15, 0.2) is 71.8 Å². The number of hydrogen-bond acceptors (Lipinski definition) is 5. The van der Waals surface area contributed by atoms with Crippen LogP contribution < -0.4 is 14.2 Å². The minimum Gasteiger partial charge on any atom is -0.486 e. The van der Waals surface area contributed by atoms with Crippen LogP contribution in [0.2, 0.25) is 0 Å². The molecule has 0 spiro atoms. The zero-order valence-corrected chi connectivity index (χ0v) is 16.1. The molecule has 0 fully saturated rings. The molecular weight excluding hydrogens is 383 g/mol. The van der Waals surface area contributed by atoms with Crippen molar-refractivity contribution in [2.45, 2.75) is 18.7 Å². The first-order valence-electron chi connectivity index (χ1n) is 10.0. The Bertz CT molecular complexity index is 1160. The molecule has 0 bridgehead atoms. The van der Waals surface area contributed by atoms with Crippen LogP contribution in [0.3, 0.4) is 0 Å². The molecule has 2 atom stereocenters. The van der Waals surface area contributed by atoms with Crippen LogP contribution in [-0.4, -0.2) is 23.9 Å². The predicted molar refractivity (Wildman–Crippen MR) is 109 cm³/mol. The molecule has 30 heavy (non-hydrogen) atoms. The van der Waals surface area contributed by atoms with Gasteiger partial charge in [0.25, 0.3) is 0 Å². The lowest BCUT2D eigenvalue weighted by Gasteiger charge is -2.38. The quantitative estimate of drug-likeness (QED) is 0.615.